The Morgan fingerprint density at radius 2 is 1.18 bits per heavy atom. The molecule has 7 rings (SSSR count). The summed E-state index contributed by atoms with van der Waals surface area (Å²) in [5, 5.41) is 0. The van der Waals surface area contributed by atoms with Crippen LogP contribution in [0, 0.1) is 23.7 Å². The van der Waals surface area contributed by atoms with E-state index < -0.39 is 0 Å². The minimum atomic E-state index is -0.339. The lowest BCUT2D eigenvalue weighted by molar-refractivity contribution is -0.0530. The first-order valence-electron chi connectivity index (χ1n) is 10.5. The summed E-state index contributed by atoms with van der Waals surface area (Å²) in [6.45, 7) is 0. The quantitative estimate of drug-likeness (QED) is 0.422. The van der Waals surface area contributed by atoms with Crippen LogP contribution < -0.4 is 0 Å². The number of allylic oxidation sites excluding steroid dienone is 2. The summed E-state index contributed by atoms with van der Waals surface area (Å²) in [7, 11) is 0. The number of benzene rings is 3. The third kappa shape index (κ3) is 1.50. The molecule has 1 heteroatoms. The molecule has 28 heavy (non-hydrogen) atoms. The standard InChI is InChI=1S/C27H22O/c1-3-10-18(11-4-1)26-22-16-7-8-17-23(22)27(28-26,19-12-5-2-6-13-19)25-21-15-9-14-20(21)24(25)26/h1-14,16-17,20-21,24-25H,15H2. The highest BCUT2D eigenvalue weighted by molar-refractivity contribution is 5.59. The number of hydrogen-bond acceptors (Lipinski definition) is 1. The zero-order valence-electron chi connectivity index (χ0n) is 15.7. The van der Waals surface area contributed by atoms with Gasteiger partial charge in [-0.1, -0.05) is 97.1 Å². The van der Waals surface area contributed by atoms with Crippen LogP contribution in [-0.2, 0) is 15.9 Å². The van der Waals surface area contributed by atoms with Gasteiger partial charge in [0.15, 0.2) is 0 Å². The van der Waals surface area contributed by atoms with E-state index in [-0.39, 0.29) is 11.2 Å². The zero-order valence-corrected chi connectivity index (χ0v) is 15.7. The van der Waals surface area contributed by atoms with Crippen LogP contribution in [0.2, 0.25) is 0 Å². The van der Waals surface area contributed by atoms with E-state index in [1.54, 1.807) is 0 Å². The maximum absolute atomic E-state index is 7.38. The van der Waals surface area contributed by atoms with Gasteiger partial charge in [0.05, 0.1) is 0 Å². The summed E-state index contributed by atoms with van der Waals surface area (Å²) in [6, 6.07) is 30.9. The lowest BCUT2D eigenvalue weighted by Crippen LogP contribution is -2.56. The van der Waals surface area contributed by atoms with E-state index in [1.807, 2.05) is 0 Å². The normalized spacial score (nSPS) is 38.6. The summed E-state index contributed by atoms with van der Waals surface area (Å²) in [4.78, 5) is 0. The van der Waals surface area contributed by atoms with Gasteiger partial charge in [-0.25, -0.2) is 0 Å². The minimum absolute atomic E-state index is 0.328. The SMILES string of the molecule is C1=CC2C(C1)C1C2C2(c3ccccc3)OC1(c1ccccc1)c1ccccc12. The molecule has 6 atom stereocenters. The molecule has 3 aromatic rings. The maximum Gasteiger partial charge on any atom is 0.124 e. The van der Waals surface area contributed by atoms with Gasteiger partial charge >= 0.3 is 0 Å². The molecule has 3 aromatic carbocycles. The lowest BCUT2D eigenvalue weighted by Gasteiger charge is -2.56. The molecule has 1 saturated carbocycles. The van der Waals surface area contributed by atoms with Crippen LogP contribution in [-0.4, -0.2) is 0 Å². The Hall–Kier alpha value is -2.64. The summed E-state index contributed by atoms with van der Waals surface area (Å²) in [5.41, 5.74) is 4.73. The first-order chi connectivity index (χ1) is 13.9. The van der Waals surface area contributed by atoms with Crippen molar-refractivity contribution in [3.8, 4) is 0 Å². The summed E-state index contributed by atoms with van der Waals surface area (Å²) in [5.74, 6) is 2.37. The molecule has 4 aliphatic rings. The summed E-state index contributed by atoms with van der Waals surface area (Å²) in [6.07, 6.45) is 6.08. The smallest absolute Gasteiger partial charge is 0.124 e. The molecule has 1 saturated heterocycles. The fraction of sp³-hybridized carbons (Fsp3) is 0.259. The van der Waals surface area contributed by atoms with Gasteiger partial charge in [0.1, 0.15) is 11.2 Å². The van der Waals surface area contributed by atoms with Crippen LogP contribution in [0.1, 0.15) is 28.7 Å². The largest absolute Gasteiger partial charge is 0.349 e. The molecular formula is C27H22O. The van der Waals surface area contributed by atoms with E-state index >= 15 is 0 Å². The van der Waals surface area contributed by atoms with Crippen LogP contribution >= 0.6 is 0 Å². The molecule has 0 spiro atoms. The van der Waals surface area contributed by atoms with Crippen molar-refractivity contribution >= 4 is 0 Å². The molecule has 2 aliphatic carbocycles. The molecule has 0 radical (unpaired) electrons. The number of rotatable bonds is 2. The zero-order chi connectivity index (χ0) is 18.3. The van der Waals surface area contributed by atoms with Gasteiger partial charge in [-0.15, -0.1) is 0 Å². The third-order valence-corrected chi connectivity index (χ3v) is 7.92. The Balaban J connectivity index is 1.58. The number of ether oxygens (including phenoxy) is 1. The van der Waals surface area contributed by atoms with Crippen molar-refractivity contribution in [2.75, 3.05) is 0 Å². The predicted octanol–water partition coefficient (Wildman–Crippen LogP) is 5.66. The van der Waals surface area contributed by atoms with E-state index in [0.29, 0.717) is 23.7 Å². The second-order valence-corrected chi connectivity index (χ2v) is 8.81. The molecule has 0 aromatic heterocycles. The van der Waals surface area contributed by atoms with Crippen molar-refractivity contribution in [3.63, 3.8) is 0 Å². The summed E-state index contributed by atoms with van der Waals surface area (Å²) < 4.78 is 7.38. The minimum Gasteiger partial charge on any atom is -0.349 e. The van der Waals surface area contributed by atoms with Crippen LogP contribution in [0.4, 0.5) is 0 Å². The van der Waals surface area contributed by atoms with Gasteiger partial charge in [-0.3, -0.25) is 0 Å². The highest BCUT2D eigenvalue weighted by Gasteiger charge is 2.78. The van der Waals surface area contributed by atoms with Gasteiger partial charge in [-0.05, 0) is 40.5 Å². The predicted molar refractivity (Wildman–Crippen MR) is 110 cm³/mol. The van der Waals surface area contributed by atoms with Crippen LogP contribution in [0.3, 0.4) is 0 Å². The molecule has 2 fully saturated rings. The average Bonchev–Trinajstić information content (AvgIpc) is 3.38. The fourth-order valence-corrected chi connectivity index (χ4v) is 7.08. The molecule has 2 bridgehead atoms. The van der Waals surface area contributed by atoms with Crippen molar-refractivity contribution in [1.82, 2.24) is 0 Å². The molecular weight excluding hydrogens is 340 g/mol. The van der Waals surface area contributed by atoms with E-state index in [0.717, 1.165) is 0 Å². The topological polar surface area (TPSA) is 9.23 Å². The number of fused-ring (bicyclic) bond motifs is 11. The Labute approximate surface area is 165 Å². The summed E-state index contributed by atoms with van der Waals surface area (Å²) >= 11 is 0. The van der Waals surface area contributed by atoms with Crippen LogP contribution in [0.15, 0.2) is 97.1 Å². The van der Waals surface area contributed by atoms with E-state index in [1.165, 1.54) is 28.7 Å². The first-order valence-corrected chi connectivity index (χ1v) is 10.5. The van der Waals surface area contributed by atoms with E-state index in [9.17, 15) is 0 Å². The van der Waals surface area contributed by atoms with Crippen molar-refractivity contribution in [2.24, 2.45) is 23.7 Å². The van der Waals surface area contributed by atoms with Gasteiger partial charge in [0.2, 0.25) is 0 Å². The monoisotopic (exact) mass is 362 g/mol. The van der Waals surface area contributed by atoms with Gasteiger partial charge in [0, 0.05) is 11.8 Å². The Morgan fingerprint density at radius 1 is 0.643 bits per heavy atom. The molecule has 2 aliphatic heterocycles. The van der Waals surface area contributed by atoms with Gasteiger partial charge < -0.3 is 4.74 Å². The van der Waals surface area contributed by atoms with E-state index in [2.05, 4.69) is 97.1 Å². The second kappa shape index (κ2) is 5.04. The average molecular weight is 362 g/mol. The van der Waals surface area contributed by atoms with Crippen molar-refractivity contribution < 1.29 is 4.74 Å². The van der Waals surface area contributed by atoms with Crippen LogP contribution in [0.25, 0.3) is 0 Å². The van der Waals surface area contributed by atoms with Crippen molar-refractivity contribution in [1.29, 1.82) is 0 Å². The van der Waals surface area contributed by atoms with Gasteiger partial charge in [0.25, 0.3) is 0 Å². The Kier molecular flexibility index (Phi) is 2.75. The highest BCUT2D eigenvalue weighted by Crippen LogP contribution is 2.78. The third-order valence-electron chi connectivity index (χ3n) is 7.92. The van der Waals surface area contributed by atoms with E-state index in [4.69, 9.17) is 4.74 Å². The first kappa shape index (κ1) is 15.3. The van der Waals surface area contributed by atoms with Crippen molar-refractivity contribution in [2.45, 2.75) is 17.6 Å². The van der Waals surface area contributed by atoms with Gasteiger partial charge in [-0.2, -0.15) is 0 Å². The highest BCUT2D eigenvalue weighted by atomic mass is 16.5. The molecule has 2 heterocycles. The lowest BCUT2D eigenvalue weighted by atomic mass is 9.44. The van der Waals surface area contributed by atoms with Crippen molar-refractivity contribution in [3.05, 3.63) is 119 Å². The van der Waals surface area contributed by atoms with Crippen LogP contribution in [0.5, 0.6) is 0 Å². The Morgan fingerprint density at radius 3 is 1.79 bits per heavy atom. The molecule has 1 nitrogen and oxygen atoms in total. The maximum atomic E-state index is 7.38. The molecule has 0 N–H and O–H groups in total. The second-order valence-electron chi connectivity index (χ2n) is 8.81. The number of hydrogen-bond donors (Lipinski definition) is 0. The Bertz CT molecular complexity index is 1100. The molecule has 6 unspecified atom stereocenters. The molecule has 0 amide bonds. The fourth-order valence-electron chi connectivity index (χ4n) is 7.08. The molecule has 136 valence electrons.